The molecule has 0 atom stereocenters. The van der Waals surface area contributed by atoms with Crippen LogP contribution in [0, 0.1) is 0 Å². The second-order valence-corrected chi connectivity index (χ2v) is 7.67. The molecule has 1 fully saturated rings. The topological polar surface area (TPSA) is 83.7 Å². The first-order valence-corrected chi connectivity index (χ1v) is 10.4. The number of anilines is 2. The Balaban J connectivity index is 1.26. The minimum Gasteiger partial charge on any atom is -0.378 e. The van der Waals surface area contributed by atoms with E-state index >= 15 is 0 Å². The van der Waals surface area contributed by atoms with Crippen LogP contribution in [-0.2, 0) is 16.1 Å². The minimum absolute atomic E-state index is 0.0933. The predicted molar refractivity (Wildman–Crippen MR) is 112 cm³/mol. The number of benzene rings is 1. The van der Waals surface area contributed by atoms with Crippen LogP contribution >= 0.6 is 11.3 Å². The van der Waals surface area contributed by atoms with Gasteiger partial charge < -0.3 is 19.5 Å². The predicted octanol–water partition coefficient (Wildman–Crippen LogP) is 2.71. The number of thiophene rings is 1. The molecule has 0 spiro atoms. The van der Waals surface area contributed by atoms with Gasteiger partial charge in [0.1, 0.15) is 0 Å². The fourth-order valence-electron chi connectivity index (χ4n) is 3.14. The molecule has 1 aliphatic rings. The van der Waals surface area contributed by atoms with Crippen molar-refractivity contribution in [2.75, 3.05) is 50.1 Å². The first-order chi connectivity index (χ1) is 14.2. The number of rotatable bonds is 7. The van der Waals surface area contributed by atoms with Gasteiger partial charge in [-0.05, 0) is 42.8 Å². The van der Waals surface area contributed by atoms with Crippen LogP contribution in [-0.4, -0.2) is 60.8 Å². The average molecular weight is 414 g/mol. The molecular weight excluding hydrogens is 390 g/mol. The Hall–Kier alpha value is -2.75. The van der Waals surface area contributed by atoms with Crippen molar-refractivity contribution in [2.24, 2.45) is 0 Å². The number of morpholine rings is 1. The van der Waals surface area contributed by atoms with Crippen molar-refractivity contribution in [3.63, 3.8) is 0 Å². The van der Waals surface area contributed by atoms with Gasteiger partial charge in [0.25, 0.3) is 0 Å². The van der Waals surface area contributed by atoms with Crippen LogP contribution in [0.15, 0.2) is 45.6 Å². The second kappa shape index (κ2) is 9.17. The first-order valence-electron chi connectivity index (χ1n) is 9.44. The summed E-state index contributed by atoms with van der Waals surface area (Å²) >= 11 is 1.58. The standard InChI is InChI=1S/C20H23N5O3S/c1-24(13-19-22-20(23-28-19)15-6-11-29-14-15)12-18(26)21-16-2-4-17(5-3-16)25-7-9-27-10-8-25/h2-6,11,14H,7-10,12-13H2,1H3,(H,21,26). The van der Waals surface area contributed by atoms with E-state index in [1.54, 1.807) is 11.3 Å². The van der Waals surface area contributed by atoms with Crippen LogP contribution < -0.4 is 10.2 Å². The molecule has 3 aromatic rings. The molecule has 3 heterocycles. The molecule has 1 amide bonds. The molecule has 152 valence electrons. The van der Waals surface area contributed by atoms with Gasteiger partial charge in [0.05, 0.1) is 26.3 Å². The van der Waals surface area contributed by atoms with Crippen LogP contribution in [0.5, 0.6) is 0 Å². The number of carbonyl (C=O) groups is 1. The van der Waals surface area contributed by atoms with Crippen LogP contribution in [0.3, 0.4) is 0 Å². The lowest BCUT2D eigenvalue weighted by Crippen LogP contribution is -2.36. The SMILES string of the molecule is CN(CC(=O)Nc1ccc(N2CCOCC2)cc1)Cc1nc(-c2ccsc2)no1. The maximum absolute atomic E-state index is 12.3. The lowest BCUT2D eigenvalue weighted by Gasteiger charge is -2.28. The summed E-state index contributed by atoms with van der Waals surface area (Å²) < 4.78 is 10.7. The van der Waals surface area contributed by atoms with Crippen LogP contribution in [0.4, 0.5) is 11.4 Å². The van der Waals surface area contributed by atoms with Gasteiger partial charge in [-0.2, -0.15) is 16.3 Å². The summed E-state index contributed by atoms with van der Waals surface area (Å²) in [5.41, 5.74) is 2.85. The first kappa shape index (κ1) is 19.6. The van der Waals surface area contributed by atoms with Gasteiger partial charge >= 0.3 is 0 Å². The van der Waals surface area contributed by atoms with Gasteiger partial charge in [0.2, 0.25) is 17.6 Å². The zero-order chi connectivity index (χ0) is 20.1. The van der Waals surface area contributed by atoms with Gasteiger partial charge in [-0.15, -0.1) is 0 Å². The molecule has 0 radical (unpaired) electrons. The summed E-state index contributed by atoms with van der Waals surface area (Å²) in [6.07, 6.45) is 0. The molecule has 8 nitrogen and oxygen atoms in total. The van der Waals surface area contributed by atoms with E-state index in [1.165, 1.54) is 0 Å². The van der Waals surface area contributed by atoms with E-state index in [9.17, 15) is 4.79 Å². The Kier molecular flexibility index (Phi) is 6.18. The quantitative estimate of drug-likeness (QED) is 0.638. The third kappa shape index (κ3) is 5.20. The molecule has 0 aliphatic carbocycles. The fourth-order valence-corrected chi connectivity index (χ4v) is 3.77. The highest BCUT2D eigenvalue weighted by Crippen LogP contribution is 2.20. The lowest BCUT2D eigenvalue weighted by atomic mass is 10.2. The van der Waals surface area contributed by atoms with Crippen molar-refractivity contribution in [3.8, 4) is 11.4 Å². The van der Waals surface area contributed by atoms with Crippen LogP contribution in [0.2, 0.25) is 0 Å². The number of hydrogen-bond donors (Lipinski definition) is 1. The summed E-state index contributed by atoms with van der Waals surface area (Å²) in [6.45, 7) is 3.90. The van der Waals surface area contributed by atoms with Gasteiger partial charge in [-0.25, -0.2) is 0 Å². The van der Waals surface area contributed by atoms with Crippen LogP contribution in [0.25, 0.3) is 11.4 Å². The maximum Gasteiger partial charge on any atom is 0.241 e. The van der Waals surface area contributed by atoms with Gasteiger partial charge in [0.15, 0.2) is 0 Å². The second-order valence-electron chi connectivity index (χ2n) is 6.89. The summed E-state index contributed by atoms with van der Waals surface area (Å²) in [4.78, 5) is 20.8. The van der Waals surface area contributed by atoms with Gasteiger partial charge in [-0.1, -0.05) is 5.16 Å². The number of nitrogens with zero attached hydrogens (tertiary/aromatic N) is 4. The molecule has 4 rings (SSSR count). The number of amides is 1. The van der Waals surface area contributed by atoms with Crippen molar-refractivity contribution in [1.82, 2.24) is 15.0 Å². The average Bonchev–Trinajstić information content (AvgIpc) is 3.41. The van der Waals surface area contributed by atoms with E-state index in [0.717, 1.165) is 43.2 Å². The summed E-state index contributed by atoms with van der Waals surface area (Å²) in [7, 11) is 1.84. The highest BCUT2D eigenvalue weighted by molar-refractivity contribution is 7.08. The maximum atomic E-state index is 12.3. The summed E-state index contributed by atoms with van der Waals surface area (Å²) in [5.74, 6) is 0.958. The van der Waals surface area contributed by atoms with E-state index in [0.29, 0.717) is 18.3 Å². The minimum atomic E-state index is -0.0933. The third-order valence-electron chi connectivity index (χ3n) is 4.59. The zero-order valence-electron chi connectivity index (χ0n) is 16.2. The molecule has 1 aliphatic heterocycles. The third-order valence-corrected chi connectivity index (χ3v) is 5.28. The van der Waals surface area contributed by atoms with E-state index in [-0.39, 0.29) is 12.5 Å². The highest BCUT2D eigenvalue weighted by atomic mass is 32.1. The molecule has 1 saturated heterocycles. The Morgan fingerprint density at radius 1 is 1.24 bits per heavy atom. The fraction of sp³-hybridized carbons (Fsp3) is 0.350. The lowest BCUT2D eigenvalue weighted by molar-refractivity contribution is -0.117. The molecule has 0 unspecified atom stereocenters. The Labute approximate surface area is 173 Å². The molecule has 9 heteroatoms. The normalized spacial score (nSPS) is 14.3. The van der Waals surface area contributed by atoms with Crippen molar-refractivity contribution in [1.29, 1.82) is 0 Å². The Bertz CT molecular complexity index is 920. The summed E-state index contributed by atoms with van der Waals surface area (Å²) in [6, 6.07) is 9.84. The van der Waals surface area contributed by atoms with E-state index in [2.05, 4.69) is 20.4 Å². The van der Waals surface area contributed by atoms with Crippen molar-refractivity contribution in [2.45, 2.75) is 6.54 Å². The monoisotopic (exact) mass is 413 g/mol. The number of aromatic nitrogens is 2. The number of likely N-dealkylation sites (N-methyl/N-ethyl adjacent to an activating group) is 1. The zero-order valence-corrected chi connectivity index (χ0v) is 17.0. The van der Waals surface area contributed by atoms with Crippen LogP contribution in [0.1, 0.15) is 5.89 Å². The molecule has 29 heavy (non-hydrogen) atoms. The van der Waals surface area contributed by atoms with Gasteiger partial charge in [-0.3, -0.25) is 9.69 Å². The van der Waals surface area contributed by atoms with Crippen molar-refractivity contribution in [3.05, 3.63) is 47.0 Å². The van der Waals surface area contributed by atoms with E-state index in [4.69, 9.17) is 9.26 Å². The molecule has 0 saturated carbocycles. The molecular formula is C20H23N5O3S. The smallest absolute Gasteiger partial charge is 0.241 e. The molecule has 1 N–H and O–H groups in total. The Morgan fingerprint density at radius 2 is 2.03 bits per heavy atom. The van der Waals surface area contributed by atoms with Crippen molar-refractivity contribution < 1.29 is 14.1 Å². The van der Waals surface area contributed by atoms with E-state index in [1.807, 2.05) is 53.0 Å². The largest absolute Gasteiger partial charge is 0.378 e. The molecule has 2 aromatic heterocycles. The molecule has 0 bridgehead atoms. The van der Waals surface area contributed by atoms with E-state index < -0.39 is 0 Å². The number of ether oxygens (including phenoxy) is 1. The highest BCUT2D eigenvalue weighted by Gasteiger charge is 2.14. The number of hydrogen-bond acceptors (Lipinski definition) is 8. The Morgan fingerprint density at radius 3 is 2.76 bits per heavy atom. The van der Waals surface area contributed by atoms with Crippen molar-refractivity contribution >= 4 is 28.6 Å². The van der Waals surface area contributed by atoms with Gasteiger partial charge in [0, 0.05) is 35.4 Å². The number of nitrogens with one attached hydrogen (secondary N) is 1. The number of carbonyl (C=O) groups excluding carboxylic acids is 1. The molecule has 1 aromatic carbocycles. The summed E-state index contributed by atoms with van der Waals surface area (Å²) in [5, 5.41) is 10.9.